The van der Waals surface area contributed by atoms with Crippen molar-refractivity contribution in [3.05, 3.63) is 54.1 Å². The average molecular weight is 299 g/mol. The van der Waals surface area contributed by atoms with Crippen LogP contribution in [0.25, 0.3) is 0 Å². The first-order valence-electron chi connectivity index (χ1n) is 7.15. The molecule has 3 rings (SSSR count). The van der Waals surface area contributed by atoms with Crippen LogP contribution in [0.1, 0.15) is 16.1 Å². The van der Waals surface area contributed by atoms with Gasteiger partial charge < -0.3 is 15.1 Å². The van der Waals surface area contributed by atoms with Crippen LogP contribution < -0.4 is 4.90 Å². The van der Waals surface area contributed by atoms with Crippen LogP contribution in [0.2, 0.25) is 0 Å². The van der Waals surface area contributed by atoms with Crippen molar-refractivity contribution in [3.8, 4) is 0 Å². The van der Waals surface area contributed by atoms with Crippen LogP contribution in [0, 0.1) is 5.92 Å². The number of aromatic nitrogens is 2. The highest BCUT2D eigenvalue weighted by atomic mass is 16.4. The van der Waals surface area contributed by atoms with E-state index in [2.05, 4.69) is 9.97 Å². The Morgan fingerprint density at radius 2 is 2.00 bits per heavy atom. The molecule has 2 atom stereocenters. The highest BCUT2D eigenvalue weighted by molar-refractivity contribution is 5.86. The van der Waals surface area contributed by atoms with Gasteiger partial charge in [-0.3, -0.25) is 4.98 Å². The van der Waals surface area contributed by atoms with Crippen molar-refractivity contribution in [2.24, 2.45) is 5.92 Å². The van der Waals surface area contributed by atoms with E-state index in [1.165, 1.54) is 6.20 Å². The molecule has 1 aliphatic rings. The quantitative estimate of drug-likeness (QED) is 0.882. The van der Waals surface area contributed by atoms with E-state index in [0.29, 0.717) is 13.1 Å². The second kappa shape index (κ2) is 6.11. The maximum Gasteiger partial charge on any atom is 0.354 e. The Bertz CT molecular complexity index is 663. The molecule has 0 radical (unpaired) electrons. The number of pyridine rings is 2. The molecular weight excluding hydrogens is 282 g/mol. The number of hydrogen-bond acceptors (Lipinski definition) is 5. The van der Waals surface area contributed by atoms with Gasteiger partial charge in [-0.2, -0.15) is 0 Å². The average Bonchev–Trinajstić information content (AvgIpc) is 2.89. The summed E-state index contributed by atoms with van der Waals surface area (Å²) < 4.78 is 0. The summed E-state index contributed by atoms with van der Waals surface area (Å²) in [6, 6.07) is 7.21. The molecule has 6 nitrogen and oxygen atoms in total. The molecule has 2 N–H and O–H groups in total. The summed E-state index contributed by atoms with van der Waals surface area (Å²) in [4.78, 5) is 20.8. The van der Waals surface area contributed by atoms with E-state index in [-0.39, 0.29) is 11.6 Å². The summed E-state index contributed by atoms with van der Waals surface area (Å²) >= 11 is 0. The van der Waals surface area contributed by atoms with E-state index in [0.717, 1.165) is 17.7 Å². The number of carbonyl (C=O) groups is 1. The van der Waals surface area contributed by atoms with Gasteiger partial charge in [-0.15, -0.1) is 0 Å². The van der Waals surface area contributed by atoms with Gasteiger partial charge in [-0.05, 0) is 36.2 Å². The number of rotatable bonds is 4. The highest BCUT2D eigenvalue weighted by Gasteiger charge is 2.31. The molecule has 0 saturated carbocycles. The highest BCUT2D eigenvalue weighted by Crippen LogP contribution is 2.26. The van der Waals surface area contributed by atoms with Gasteiger partial charge in [0.1, 0.15) is 5.69 Å². The molecular formula is C16H17N3O3. The Morgan fingerprint density at radius 1 is 1.23 bits per heavy atom. The van der Waals surface area contributed by atoms with Crippen molar-refractivity contribution in [1.82, 2.24) is 9.97 Å². The molecule has 0 bridgehead atoms. The molecule has 6 heteroatoms. The first kappa shape index (κ1) is 14.5. The smallest absolute Gasteiger partial charge is 0.354 e. The molecule has 1 aliphatic heterocycles. The fourth-order valence-electron chi connectivity index (χ4n) is 2.82. The number of aliphatic hydroxyl groups is 1. The molecule has 3 heterocycles. The predicted molar refractivity (Wildman–Crippen MR) is 80.8 cm³/mol. The van der Waals surface area contributed by atoms with E-state index in [1.54, 1.807) is 24.5 Å². The summed E-state index contributed by atoms with van der Waals surface area (Å²) in [7, 11) is 0. The minimum Gasteiger partial charge on any atom is -0.477 e. The van der Waals surface area contributed by atoms with Crippen molar-refractivity contribution in [2.75, 3.05) is 18.0 Å². The Labute approximate surface area is 128 Å². The molecule has 0 unspecified atom stereocenters. The summed E-state index contributed by atoms with van der Waals surface area (Å²) in [5.74, 6) is -0.932. The second-order valence-electron chi connectivity index (χ2n) is 5.50. The standard InChI is InChI=1S/C16H17N3O3/c20-15-10-19(13-3-6-18-14(8-13)16(21)22)9-12(15)7-11-1-4-17-5-2-11/h1-6,8,12,15,20H,7,9-10H2,(H,21,22)/t12-,15-/m1/s1. The van der Waals surface area contributed by atoms with Gasteiger partial charge in [0.25, 0.3) is 0 Å². The Morgan fingerprint density at radius 3 is 2.73 bits per heavy atom. The minimum absolute atomic E-state index is 0.0181. The van der Waals surface area contributed by atoms with E-state index in [1.807, 2.05) is 17.0 Å². The number of β-amino-alcohol motifs (C(OH)–C–C–N with tert-alkyl or cyclic N) is 1. The zero-order valence-corrected chi connectivity index (χ0v) is 12.0. The Hall–Kier alpha value is -2.47. The zero-order valence-electron chi connectivity index (χ0n) is 12.0. The SMILES string of the molecule is O=C(O)c1cc(N2C[C@@H](Cc3ccncc3)[C@H](O)C2)ccn1. The van der Waals surface area contributed by atoms with E-state index in [9.17, 15) is 9.90 Å². The lowest BCUT2D eigenvalue weighted by atomic mass is 9.97. The Balaban J connectivity index is 1.73. The summed E-state index contributed by atoms with van der Waals surface area (Å²) in [6.45, 7) is 1.19. The molecule has 1 fully saturated rings. The second-order valence-corrected chi connectivity index (χ2v) is 5.50. The Kier molecular flexibility index (Phi) is 4.02. The zero-order chi connectivity index (χ0) is 15.5. The fraction of sp³-hybridized carbons (Fsp3) is 0.312. The molecule has 114 valence electrons. The maximum absolute atomic E-state index is 11.0. The number of aromatic carboxylic acids is 1. The predicted octanol–water partition coefficient (Wildman–Crippen LogP) is 1.21. The van der Waals surface area contributed by atoms with Gasteiger partial charge in [-0.25, -0.2) is 9.78 Å². The summed E-state index contributed by atoms with van der Waals surface area (Å²) in [5, 5.41) is 19.3. The molecule has 0 aromatic carbocycles. The molecule has 0 aliphatic carbocycles. The lowest BCUT2D eigenvalue weighted by molar-refractivity contribution is 0.0690. The van der Waals surface area contributed by atoms with E-state index >= 15 is 0 Å². The van der Waals surface area contributed by atoms with Crippen molar-refractivity contribution < 1.29 is 15.0 Å². The lowest BCUT2D eigenvalue weighted by Crippen LogP contribution is -2.21. The van der Waals surface area contributed by atoms with Gasteiger partial charge in [0.05, 0.1) is 6.10 Å². The lowest BCUT2D eigenvalue weighted by Gasteiger charge is -2.18. The largest absolute Gasteiger partial charge is 0.477 e. The number of aliphatic hydroxyl groups excluding tert-OH is 1. The van der Waals surface area contributed by atoms with Gasteiger partial charge in [0.15, 0.2) is 0 Å². The van der Waals surface area contributed by atoms with Gasteiger partial charge in [0.2, 0.25) is 0 Å². The van der Waals surface area contributed by atoms with E-state index < -0.39 is 12.1 Å². The topological polar surface area (TPSA) is 86.5 Å². The number of anilines is 1. The van der Waals surface area contributed by atoms with Crippen LogP contribution >= 0.6 is 0 Å². The van der Waals surface area contributed by atoms with Crippen molar-refractivity contribution in [1.29, 1.82) is 0 Å². The van der Waals surface area contributed by atoms with Crippen LogP contribution in [0.3, 0.4) is 0 Å². The van der Waals surface area contributed by atoms with Crippen LogP contribution in [0.4, 0.5) is 5.69 Å². The molecule has 2 aromatic heterocycles. The van der Waals surface area contributed by atoms with E-state index in [4.69, 9.17) is 5.11 Å². The van der Waals surface area contributed by atoms with Gasteiger partial charge in [-0.1, -0.05) is 0 Å². The first-order valence-corrected chi connectivity index (χ1v) is 7.15. The molecule has 0 amide bonds. The third kappa shape index (κ3) is 3.07. The number of carboxylic acids is 1. The number of nitrogens with zero attached hydrogens (tertiary/aromatic N) is 3. The summed E-state index contributed by atoms with van der Waals surface area (Å²) in [5.41, 5.74) is 1.94. The first-order chi connectivity index (χ1) is 10.6. The van der Waals surface area contributed by atoms with Gasteiger partial charge in [0, 0.05) is 43.3 Å². The third-order valence-electron chi connectivity index (χ3n) is 3.98. The maximum atomic E-state index is 11.0. The van der Waals surface area contributed by atoms with Crippen LogP contribution in [-0.2, 0) is 6.42 Å². The van der Waals surface area contributed by atoms with Crippen molar-refractivity contribution >= 4 is 11.7 Å². The van der Waals surface area contributed by atoms with Gasteiger partial charge >= 0.3 is 5.97 Å². The minimum atomic E-state index is -1.05. The van der Waals surface area contributed by atoms with Crippen LogP contribution in [-0.4, -0.2) is 45.3 Å². The summed E-state index contributed by atoms with van der Waals surface area (Å²) in [6.07, 6.45) is 5.32. The normalized spacial score (nSPS) is 21.0. The van der Waals surface area contributed by atoms with Crippen LogP contribution in [0.15, 0.2) is 42.9 Å². The fourth-order valence-corrected chi connectivity index (χ4v) is 2.82. The molecule has 1 saturated heterocycles. The third-order valence-corrected chi connectivity index (χ3v) is 3.98. The van der Waals surface area contributed by atoms with Crippen molar-refractivity contribution in [2.45, 2.75) is 12.5 Å². The van der Waals surface area contributed by atoms with Crippen LogP contribution in [0.5, 0.6) is 0 Å². The molecule has 0 spiro atoms. The monoisotopic (exact) mass is 299 g/mol. The molecule has 2 aromatic rings. The molecule has 22 heavy (non-hydrogen) atoms. The number of carboxylic acid groups (broad SMARTS) is 1. The number of hydrogen-bond donors (Lipinski definition) is 2. The van der Waals surface area contributed by atoms with Crippen molar-refractivity contribution in [3.63, 3.8) is 0 Å².